The molecule has 2 N–H and O–H groups in total. The first-order chi connectivity index (χ1) is 17.4. The number of amides is 2. The molecular weight excluding hydrogens is 501 g/mol. The quantitative estimate of drug-likeness (QED) is 0.209. The lowest BCUT2D eigenvalue weighted by molar-refractivity contribution is -0.136. The number of nitrogens with one attached hydrogen (secondary N) is 2. The van der Waals surface area contributed by atoms with Gasteiger partial charge in [0.2, 0.25) is 0 Å². The van der Waals surface area contributed by atoms with E-state index < -0.39 is 11.8 Å². The topological polar surface area (TPSA) is 89.0 Å². The maximum absolute atomic E-state index is 12.4. The Balaban J connectivity index is 1.61. The Morgan fingerprint density at radius 3 is 2.28 bits per heavy atom. The molecule has 0 aromatic heterocycles. The van der Waals surface area contributed by atoms with E-state index in [1.165, 1.54) is 13.3 Å². The van der Waals surface area contributed by atoms with Gasteiger partial charge in [0.1, 0.15) is 6.61 Å². The summed E-state index contributed by atoms with van der Waals surface area (Å²) in [6, 6.07) is 16.2. The zero-order valence-electron chi connectivity index (χ0n) is 20.2. The van der Waals surface area contributed by atoms with E-state index in [4.69, 9.17) is 32.7 Å². The summed E-state index contributed by atoms with van der Waals surface area (Å²) in [4.78, 5) is 24.7. The highest BCUT2D eigenvalue weighted by Gasteiger charge is 2.16. The molecule has 0 aliphatic heterocycles. The third-order valence-corrected chi connectivity index (χ3v) is 6.13. The van der Waals surface area contributed by atoms with Crippen LogP contribution in [0.4, 0.5) is 5.69 Å². The molecule has 9 heteroatoms. The van der Waals surface area contributed by atoms with E-state index in [0.717, 1.165) is 29.5 Å². The van der Waals surface area contributed by atoms with Gasteiger partial charge < -0.3 is 14.8 Å². The van der Waals surface area contributed by atoms with Gasteiger partial charge in [0.25, 0.3) is 0 Å². The molecule has 0 fully saturated rings. The Bertz CT molecular complexity index is 1260. The molecule has 0 heterocycles. The molecule has 0 saturated heterocycles. The number of carbonyl (C=O) groups excluding carboxylic acids is 2. The summed E-state index contributed by atoms with van der Waals surface area (Å²) in [5.74, 6) is -0.657. The normalized spacial score (nSPS) is 10.8. The number of hydrogen-bond acceptors (Lipinski definition) is 5. The van der Waals surface area contributed by atoms with Gasteiger partial charge in [0.05, 0.1) is 23.4 Å². The minimum atomic E-state index is -0.868. The molecule has 3 rings (SSSR count). The van der Waals surface area contributed by atoms with Crippen LogP contribution in [0.25, 0.3) is 0 Å². The van der Waals surface area contributed by atoms with Gasteiger partial charge in [-0.15, -0.1) is 0 Å². The van der Waals surface area contributed by atoms with Gasteiger partial charge in [-0.2, -0.15) is 5.10 Å². The molecule has 0 aliphatic rings. The molecule has 3 aromatic carbocycles. The van der Waals surface area contributed by atoms with Crippen LogP contribution in [-0.2, 0) is 29.0 Å². The largest absolute Gasteiger partial charge is 0.493 e. The van der Waals surface area contributed by atoms with Crippen molar-refractivity contribution in [2.45, 2.75) is 33.3 Å². The molecule has 0 saturated carbocycles. The SMILES string of the molecule is CCc1cccc(CC)c1NC(=O)C(=O)N/N=C\c1ccc(OCc2ccc(Cl)c(Cl)c2)c(OC)c1. The monoisotopic (exact) mass is 527 g/mol. The van der Waals surface area contributed by atoms with Gasteiger partial charge in [-0.25, -0.2) is 5.43 Å². The van der Waals surface area contributed by atoms with Gasteiger partial charge in [-0.05, 0) is 65.4 Å². The Morgan fingerprint density at radius 2 is 1.64 bits per heavy atom. The summed E-state index contributed by atoms with van der Waals surface area (Å²) in [7, 11) is 1.52. The predicted octanol–water partition coefficient (Wildman–Crippen LogP) is 5.79. The van der Waals surface area contributed by atoms with Crippen molar-refractivity contribution in [2.24, 2.45) is 5.10 Å². The van der Waals surface area contributed by atoms with E-state index >= 15 is 0 Å². The number of halogens is 2. The summed E-state index contributed by atoms with van der Waals surface area (Å²) in [5.41, 5.74) is 6.35. The van der Waals surface area contributed by atoms with Crippen molar-refractivity contribution in [3.8, 4) is 11.5 Å². The molecule has 0 bridgehead atoms. The molecule has 7 nitrogen and oxygen atoms in total. The molecule has 2 amide bonds. The van der Waals surface area contributed by atoms with Crippen molar-refractivity contribution >= 4 is 46.9 Å². The highest BCUT2D eigenvalue weighted by Crippen LogP contribution is 2.29. The van der Waals surface area contributed by atoms with E-state index in [9.17, 15) is 9.59 Å². The van der Waals surface area contributed by atoms with E-state index in [-0.39, 0.29) is 6.61 Å². The lowest BCUT2D eigenvalue weighted by Gasteiger charge is -2.13. The number of rotatable bonds is 9. The molecule has 3 aromatic rings. The summed E-state index contributed by atoms with van der Waals surface area (Å²) >= 11 is 12.0. The van der Waals surface area contributed by atoms with Crippen LogP contribution >= 0.6 is 23.2 Å². The van der Waals surface area contributed by atoms with Crippen LogP contribution in [0.1, 0.15) is 36.1 Å². The van der Waals surface area contributed by atoms with Crippen molar-refractivity contribution in [2.75, 3.05) is 12.4 Å². The fraction of sp³-hybridized carbons (Fsp3) is 0.222. The number of carbonyl (C=O) groups is 2. The molecule has 0 unspecified atom stereocenters. The predicted molar refractivity (Wildman–Crippen MR) is 143 cm³/mol. The van der Waals surface area contributed by atoms with Gasteiger partial charge in [0, 0.05) is 5.69 Å². The molecule has 0 aliphatic carbocycles. The first kappa shape index (κ1) is 27.0. The number of ether oxygens (including phenoxy) is 2. The number of para-hydroxylation sites is 1. The lowest BCUT2D eigenvalue weighted by atomic mass is 10.0. The van der Waals surface area contributed by atoms with Crippen molar-refractivity contribution in [3.05, 3.63) is 86.9 Å². The number of benzene rings is 3. The summed E-state index contributed by atoms with van der Waals surface area (Å²) in [6.45, 7) is 4.26. The van der Waals surface area contributed by atoms with Crippen LogP contribution in [0, 0.1) is 0 Å². The van der Waals surface area contributed by atoms with Crippen LogP contribution in [0.5, 0.6) is 11.5 Å². The fourth-order valence-corrected chi connectivity index (χ4v) is 3.78. The van der Waals surface area contributed by atoms with Crippen LogP contribution in [0.2, 0.25) is 10.0 Å². The second-order valence-corrected chi connectivity index (χ2v) is 8.57. The third kappa shape index (κ3) is 6.99. The van der Waals surface area contributed by atoms with E-state index in [2.05, 4.69) is 15.8 Å². The Hall–Kier alpha value is -3.55. The summed E-state index contributed by atoms with van der Waals surface area (Å²) in [5, 5.41) is 7.54. The van der Waals surface area contributed by atoms with Crippen molar-refractivity contribution in [1.29, 1.82) is 0 Å². The van der Waals surface area contributed by atoms with Crippen LogP contribution in [0.3, 0.4) is 0 Å². The van der Waals surface area contributed by atoms with Crippen molar-refractivity contribution < 1.29 is 19.1 Å². The number of aryl methyl sites for hydroxylation is 2. The van der Waals surface area contributed by atoms with E-state index in [1.807, 2.05) is 38.1 Å². The van der Waals surface area contributed by atoms with Gasteiger partial charge in [-0.3, -0.25) is 9.59 Å². The summed E-state index contributed by atoms with van der Waals surface area (Å²) in [6.07, 6.45) is 2.88. The maximum Gasteiger partial charge on any atom is 0.329 e. The fourth-order valence-electron chi connectivity index (χ4n) is 3.46. The van der Waals surface area contributed by atoms with Crippen LogP contribution in [0.15, 0.2) is 59.7 Å². The van der Waals surface area contributed by atoms with Crippen LogP contribution < -0.4 is 20.2 Å². The summed E-state index contributed by atoms with van der Waals surface area (Å²) < 4.78 is 11.2. The highest BCUT2D eigenvalue weighted by atomic mass is 35.5. The lowest BCUT2D eigenvalue weighted by Crippen LogP contribution is -2.33. The molecule has 188 valence electrons. The van der Waals surface area contributed by atoms with Crippen molar-refractivity contribution in [3.63, 3.8) is 0 Å². The molecule has 36 heavy (non-hydrogen) atoms. The number of anilines is 1. The zero-order valence-corrected chi connectivity index (χ0v) is 21.7. The minimum Gasteiger partial charge on any atom is -0.493 e. The van der Waals surface area contributed by atoms with E-state index in [1.54, 1.807) is 30.3 Å². The third-order valence-electron chi connectivity index (χ3n) is 5.39. The highest BCUT2D eigenvalue weighted by molar-refractivity contribution is 6.42. The number of hydrazone groups is 1. The second-order valence-electron chi connectivity index (χ2n) is 7.76. The molecule has 0 atom stereocenters. The second kappa shape index (κ2) is 13.0. The van der Waals surface area contributed by atoms with Crippen LogP contribution in [-0.4, -0.2) is 25.1 Å². The Kier molecular flexibility index (Phi) is 9.73. The smallest absolute Gasteiger partial charge is 0.329 e. The molecule has 0 radical (unpaired) electrons. The van der Waals surface area contributed by atoms with Crippen molar-refractivity contribution in [1.82, 2.24) is 5.43 Å². The first-order valence-corrected chi connectivity index (χ1v) is 12.1. The molecular formula is C27H27Cl2N3O4. The van der Waals surface area contributed by atoms with Gasteiger partial charge >= 0.3 is 11.8 Å². The Morgan fingerprint density at radius 1 is 0.917 bits per heavy atom. The maximum atomic E-state index is 12.4. The average molecular weight is 528 g/mol. The minimum absolute atomic E-state index is 0.271. The van der Waals surface area contributed by atoms with Gasteiger partial charge in [-0.1, -0.05) is 61.3 Å². The zero-order chi connectivity index (χ0) is 26.1. The van der Waals surface area contributed by atoms with Gasteiger partial charge in [0.15, 0.2) is 11.5 Å². The standard InChI is InChI=1S/C27H27Cl2N3O4/c1-4-19-7-6-8-20(5-2)25(19)31-26(33)27(34)32-30-15-17-10-12-23(24(14-17)35-3)36-16-18-9-11-21(28)22(29)13-18/h6-15H,4-5,16H2,1-3H3,(H,31,33)(H,32,34)/b30-15-. The first-order valence-electron chi connectivity index (χ1n) is 11.4. The number of hydrogen-bond donors (Lipinski definition) is 2. The Labute approximate surface area is 220 Å². The molecule has 0 spiro atoms. The number of methoxy groups -OCH3 is 1. The van der Waals surface area contributed by atoms with E-state index in [0.29, 0.717) is 32.8 Å². The average Bonchev–Trinajstić information content (AvgIpc) is 2.89. The number of nitrogens with zero attached hydrogens (tertiary/aromatic N) is 1.